The summed E-state index contributed by atoms with van der Waals surface area (Å²) in [5, 5.41) is 9.64. The van der Waals surface area contributed by atoms with Crippen LogP contribution in [0.2, 0.25) is 5.02 Å². The van der Waals surface area contributed by atoms with Crippen LogP contribution in [0.4, 0.5) is 13.2 Å². The summed E-state index contributed by atoms with van der Waals surface area (Å²) in [4.78, 5) is 12.4. The zero-order valence-electron chi connectivity index (χ0n) is 12.2. The maximum atomic E-state index is 12.8. The van der Waals surface area contributed by atoms with Crippen molar-refractivity contribution in [3.63, 3.8) is 0 Å². The summed E-state index contributed by atoms with van der Waals surface area (Å²) in [6.07, 6.45) is -4.67. The van der Waals surface area contributed by atoms with E-state index in [2.05, 4.69) is 0 Å². The number of rotatable bonds is 3. The lowest BCUT2D eigenvalue weighted by atomic mass is 9.78. The minimum atomic E-state index is -4.55. The van der Waals surface area contributed by atoms with Gasteiger partial charge in [-0.05, 0) is 34.8 Å². The number of ketones is 1. The molecule has 0 atom stereocenters. The molecule has 0 bridgehead atoms. The lowest BCUT2D eigenvalue weighted by Gasteiger charge is -2.10. The Morgan fingerprint density at radius 1 is 1.25 bits per heavy atom. The molecule has 0 aromatic heterocycles. The average molecular weight is 355 g/mol. The number of hydrogen-bond donors (Lipinski definition) is 1. The minimum absolute atomic E-state index is 0.0301. The monoisotopic (exact) mass is 354 g/mol. The van der Waals surface area contributed by atoms with E-state index in [9.17, 15) is 23.0 Å². The molecule has 3 nitrogen and oxygen atoms in total. The van der Waals surface area contributed by atoms with Gasteiger partial charge in [-0.15, -0.1) is 0 Å². The maximum absolute atomic E-state index is 12.8. The Balaban J connectivity index is 1.87. The Hall–Kier alpha value is -1.83. The van der Waals surface area contributed by atoms with Crippen molar-refractivity contribution in [2.75, 3.05) is 0 Å². The van der Waals surface area contributed by atoms with E-state index in [1.54, 1.807) is 18.2 Å². The van der Waals surface area contributed by atoms with Gasteiger partial charge in [0.15, 0.2) is 5.78 Å². The standard InChI is InChI=1S/C16H11BClF3O3/c18-14-4-3-11(16(19,20)21)7-12(14)15(22)6-9-1-2-10-8-24-17(23)13(10)5-9/h1-5,7,23H,6,8H2. The van der Waals surface area contributed by atoms with Gasteiger partial charge in [0, 0.05) is 12.0 Å². The number of benzene rings is 2. The summed E-state index contributed by atoms with van der Waals surface area (Å²) < 4.78 is 43.4. The normalized spacial score (nSPS) is 14.0. The minimum Gasteiger partial charge on any atom is -0.423 e. The smallest absolute Gasteiger partial charge is 0.423 e. The lowest BCUT2D eigenvalue weighted by molar-refractivity contribution is -0.137. The van der Waals surface area contributed by atoms with Crippen LogP contribution >= 0.6 is 11.6 Å². The third-order valence-corrected chi connectivity index (χ3v) is 4.16. The second-order valence-electron chi connectivity index (χ2n) is 5.49. The van der Waals surface area contributed by atoms with Crippen LogP contribution < -0.4 is 5.46 Å². The first-order chi connectivity index (χ1) is 11.3. The van der Waals surface area contributed by atoms with Gasteiger partial charge in [0.2, 0.25) is 0 Å². The maximum Gasteiger partial charge on any atom is 0.491 e. The Labute approximate surface area is 141 Å². The highest BCUT2D eigenvalue weighted by atomic mass is 35.5. The van der Waals surface area contributed by atoms with Crippen LogP contribution in [-0.4, -0.2) is 17.9 Å². The van der Waals surface area contributed by atoms with Crippen molar-refractivity contribution in [3.05, 3.63) is 63.7 Å². The Morgan fingerprint density at radius 3 is 2.71 bits per heavy atom. The first-order valence-electron chi connectivity index (χ1n) is 7.07. The average Bonchev–Trinajstić information content (AvgIpc) is 2.87. The molecular formula is C16H11BClF3O3. The number of Topliss-reactive ketones (excluding diaryl/α,β-unsaturated/α-hetero) is 1. The predicted molar refractivity (Wildman–Crippen MR) is 83.3 cm³/mol. The van der Waals surface area contributed by atoms with Crippen LogP contribution in [0.5, 0.6) is 0 Å². The summed E-state index contributed by atoms with van der Waals surface area (Å²) >= 11 is 5.88. The quantitative estimate of drug-likeness (QED) is 0.681. The van der Waals surface area contributed by atoms with Crippen LogP contribution in [0.25, 0.3) is 0 Å². The van der Waals surface area contributed by atoms with Gasteiger partial charge in [-0.1, -0.05) is 29.8 Å². The summed E-state index contributed by atoms with van der Waals surface area (Å²) in [6.45, 7) is 0.282. The van der Waals surface area contributed by atoms with Crippen molar-refractivity contribution in [3.8, 4) is 0 Å². The zero-order valence-corrected chi connectivity index (χ0v) is 13.0. The molecule has 0 saturated carbocycles. The van der Waals surface area contributed by atoms with Crippen LogP contribution in [0.3, 0.4) is 0 Å². The Morgan fingerprint density at radius 2 is 2.00 bits per heavy atom. The topological polar surface area (TPSA) is 46.5 Å². The fourth-order valence-corrected chi connectivity index (χ4v) is 2.79. The predicted octanol–water partition coefficient (Wildman–Crippen LogP) is 3.00. The van der Waals surface area contributed by atoms with E-state index in [4.69, 9.17) is 16.3 Å². The summed E-state index contributed by atoms with van der Waals surface area (Å²) in [5.74, 6) is -0.528. The molecule has 1 heterocycles. The van der Waals surface area contributed by atoms with E-state index in [1.165, 1.54) is 0 Å². The van der Waals surface area contributed by atoms with Gasteiger partial charge in [-0.25, -0.2) is 0 Å². The molecule has 0 saturated heterocycles. The van der Waals surface area contributed by atoms with Crippen molar-refractivity contribution >= 4 is 30.0 Å². The van der Waals surface area contributed by atoms with Crippen molar-refractivity contribution in [1.29, 1.82) is 0 Å². The molecule has 2 aromatic rings. The number of hydrogen-bond acceptors (Lipinski definition) is 3. The molecule has 0 spiro atoms. The number of alkyl halides is 3. The molecule has 0 fully saturated rings. The lowest BCUT2D eigenvalue weighted by Crippen LogP contribution is -2.28. The second-order valence-corrected chi connectivity index (χ2v) is 5.90. The highest BCUT2D eigenvalue weighted by molar-refractivity contribution is 6.61. The first-order valence-corrected chi connectivity index (χ1v) is 7.45. The van der Waals surface area contributed by atoms with Gasteiger partial charge in [0.25, 0.3) is 0 Å². The molecule has 1 N–H and O–H groups in total. The number of carbonyl (C=O) groups is 1. The van der Waals surface area contributed by atoms with Gasteiger partial charge in [-0.2, -0.15) is 13.2 Å². The van der Waals surface area contributed by atoms with E-state index in [0.29, 0.717) is 11.0 Å². The van der Waals surface area contributed by atoms with E-state index < -0.39 is 24.6 Å². The molecule has 1 aliphatic rings. The van der Waals surface area contributed by atoms with Crippen molar-refractivity contribution in [1.82, 2.24) is 0 Å². The van der Waals surface area contributed by atoms with Crippen molar-refractivity contribution in [2.24, 2.45) is 0 Å². The van der Waals surface area contributed by atoms with Gasteiger partial charge >= 0.3 is 13.3 Å². The molecule has 0 aliphatic carbocycles. The van der Waals surface area contributed by atoms with Crippen molar-refractivity contribution in [2.45, 2.75) is 19.2 Å². The van der Waals surface area contributed by atoms with Crippen LogP contribution in [-0.2, 0) is 23.9 Å². The summed E-state index contributed by atoms with van der Waals surface area (Å²) in [6, 6.07) is 7.68. The Bertz CT molecular complexity index is 808. The highest BCUT2D eigenvalue weighted by Crippen LogP contribution is 2.32. The van der Waals surface area contributed by atoms with E-state index in [0.717, 1.165) is 23.8 Å². The fraction of sp³-hybridized carbons (Fsp3) is 0.188. The second kappa shape index (κ2) is 6.24. The third-order valence-electron chi connectivity index (χ3n) is 3.83. The third kappa shape index (κ3) is 3.33. The number of fused-ring (bicyclic) bond motifs is 1. The molecule has 1 aliphatic heterocycles. The van der Waals surface area contributed by atoms with Crippen LogP contribution in [0, 0.1) is 0 Å². The molecule has 24 heavy (non-hydrogen) atoms. The molecule has 0 unspecified atom stereocenters. The van der Waals surface area contributed by atoms with E-state index in [-0.39, 0.29) is 23.6 Å². The zero-order chi connectivity index (χ0) is 17.5. The van der Waals surface area contributed by atoms with Crippen molar-refractivity contribution < 1.29 is 27.6 Å². The van der Waals surface area contributed by atoms with Gasteiger partial charge in [0.1, 0.15) is 0 Å². The van der Waals surface area contributed by atoms with Crippen LogP contribution in [0.15, 0.2) is 36.4 Å². The fourth-order valence-electron chi connectivity index (χ4n) is 2.57. The molecular weight excluding hydrogens is 343 g/mol. The van der Waals surface area contributed by atoms with Crippen LogP contribution in [0.1, 0.15) is 27.0 Å². The Kier molecular flexibility index (Phi) is 4.42. The van der Waals surface area contributed by atoms with Gasteiger partial charge < -0.3 is 9.68 Å². The molecule has 124 valence electrons. The van der Waals surface area contributed by atoms with Gasteiger partial charge in [-0.3, -0.25) is 4.79 Å². The largest absolute Gasteiger partial charge is 0.491 e. The molecule has 0 amide bonds. The number of carbonyl (C=O) groups excluding carboxylic acids is 1. The highest BCUT2D eigenvalue weighted by Gasteiger charge is 2.32. The first kappa shape index (κ1) is 17.0. The molecule has 0 radical (unpaired) electrons. The van der Waals surface area contributed by atoms with E-state index >= 15 is 0 Å². The summed E-state index contributed by atoms with van der Waals surface area (Å²) in [7, 11) is -1.05. The SMILES string of the molecule is O=C(Cc1ccc2c(c1)B(O)OC2)c1cc(C(F)(F)F)ccc1Cl. The summed E-state index contributed by atoms with van der Waals surface area (Å²) in [5.41, 5.74) is 0.847. The molecule has 2 aromatic carbocycles. The van der Waals surface area contributed by atoms with Gasteiger partial charge in [0.05, 0.1) is 17.2 Å². The van der Waals surface area contributed by atoms with E-state index in [1.807, 2.05) is 0 Å². The molecule has 8 heteroatoms. The molecule has 3 rings (SSSR count). The number of halogens is 4.